The van der Waals surface area contributed by atoms with Crippen molar-refractivity contribution >= 4 is 15.8 Å². The number of nitrogens with zero attached hydrogens (tertiary/aromatic N) is 2. The molecule has 118 valence electrons. The highest BCUT2D eigenvalue weighted by Gasteiger charge is 2.19. The van der Waals surface area contributed by atoms with Gasteiger partial charge in [0.05, 0.1) is 6.10 Å². The van der Waals surface area contributed by atoms with Crippen LogP contribution in [0, 0.1) is 0 Å². The molecule has 0 saturated carbocycles. The molecule has 0 spiro atoms. The molecule has 21 heavy (non-hydrogen) atoms. The fourth-order valence-electron chi connectivity index (χ4n) is 1.98. The highest BCUT2D eigenvalue weighted by molar-refractivity contribution is 7.89. The lowest BCUT2D eigenvalue weighted by atomic mass is 10.3. The van der Waals surface area contributed by atoms with Crippen molar-refractivity contribution in [2.24, 2.45) is 0 Å². The normalized spacial score (nSPS) is 20.0. The number of aromatic nitrogens is 1. The lowest BCUT2D eigenvalue weighted by Gasteiger charge is -2.16. The molecule has 1 saturated heterocycles. The molecule has 2 rings (SSSR count). The van der Waals surface area contributed by atoms with Crippen molar-refractivity contribution in [3.63, 3.8) is 0 Å². The highest BCUT2D eigenvalue weighted by Crippen LogP contribution is 2.12. The molecular formula is C13H22N4O3S. The third kappa shape index (κ3) is 4.63. The summed E-state index contributed by atoms with van der Waals surface area (Å²) in [6, 6.07) is 3.23. The van der Waals surface area contributed by atoms with Crippen LogP contribution in [0.5, 0.6) is 0 Å². The van der Waals surface area contributed by atoms with Crippen LogP contribution >= 0.6 is 0 Å². The van der Waals surface area contributed by atoms with E-state index in [4.69, 9.17) is 4.74 Å². The Hall–Kier alpha value is -1.22. The Labute approximate surface area is 125 Å². The zero-order valence-electron chi connectivity index (χ0n) is 12.4. The molecule has 7 nitrogen and oxygen atoms in total. The maximum absolute atomic E-state index is 12.2. The first-order valence-electron chi connectivity index (χ1n) is 6.94. The molecule has 1 atom stereocenters. The van der Waals surface area contributed by atoms with E-state index in [1.807, 2.05) is 19.0 Å². The third-order valence-electron chi connectivity index (χ3n) is 3.21. The second kappa shape index (κ2) is 7.17. The number of pyridine rings is 1. The third-order valence-corrected chi connectivity index (χ3v) is 4.62. The molecule has 0 amide bonds. The average Bonchev–Trinajstić information content (AvgIpc) is 2.74. The van der Waals surface area contributed by atoms with Crippen LogP contribution in [0.25, 0.3) is 0 Å². The lowest BCUT2D eigenvalue weighted by Crippen LogP contribution is -2.38. The average molecular weight is 314 g/mol. The van der Waals surface area contributed by atoms with Gasteiger partial charge < -0.3 is 15.0 Å². The predicted molar refractivity (Wildman–Crippen MR) is 81.0 cm³/mol. The Balaban J connectivity index is 1.97. The van der Waals surface area contributed by atoms with E-state index in [1.165, 1.54) is 6.20 Å². The standard InChI is InChI=1S/C13H22N4O3S/c1-17(2)13-5-4-12(10-15-13)21(18,19)16-9-11-8-14-6-3-7-20-11/h4-5,10-11,14,16H,3,6-9H2,1-2H3. The van der Waals surface area contributed by atoms with E-state index in [9.17, 15) is 8.42 Å². The summed E-state index contributed by atoms with van der Waals surface area (Å²) in [6.07, 6.45) is 2.17. The number of anilines is 1. The number of hydrogen-bond donors (Lipinski definition) is 2. The smallest absolute Gasteiger partial charge is 0.242 e. The van der Waals surface area contributed by atoms with Crippen LogP contribution < -0.4 is 14.9 Å². The van der Waals surface area contributed by atoms with Gasteiger partial charge in [0.15, 0.2) is 0 Å². The van der Waals surface area contributed by atoms with E-state index in [-0.39, 0.29) is 17.5 Å². The zero-order valence-corrected chi connectivity index (χ0v) is 13.2. The van der Waals surface area contributed by atoms with Crippen molar-refractivity contribution in [2.45, 2.75) is 17.4 Å². The van der Waals surface area contributed by atoms with Gasteiger partial charge in [-0.2, -0.15) is 0 Å². The molecule has 1 aromatic rings. The number of rotatable bonds is 5. The molecular weight excluding hydrogens is 292 g/mol. The summed E-state index contributed by atoms with van der Waals surface area (Å²) < 4.78 is 32.6. The van der Waals surface area contributed by atoms with Crippen molar-refractivity contribution in [1.82, 2.24) is 15.0 Å². The van der Waals surface area contributed by atoms with Crippen LogP contribution in [0.15, 0.2) is 23.2 Å². The van der Waals surface area contributed by atoms with Crippen molar-refractivity contribution in [2.75, 3.05) is 45.2 Å². The lowest BCUT2D eigenvalue weighted by molar-refractivity contribution is 0.0707. The largest absolute Gasteiger partial charge is 0.375 e. The summed E-state index contributed by atoms with van der Waals surface area (Å²) in [7, 11) is 0.152. The highest BCUT2D eigenvalue weighted by atomic mass is 32.2. The molecule has 2 N–H and O–H groups in total. The van der Waals surface area contributed by atoms with Crippen LogP contribution in [-0.4, -0.2) is 59.8 Å². The van der Waals surface area contributed by atoms with Gasteiger partial charge in [0.25, 0.3) is 0 Å². The number of ether oxygens (including phenoxy) is 1. The quantitative estimate of drug-likeness (QED) is 0.783. The Morgan fingerprint density at radius 1 is 1.48 bits per heavy atom. The summed E-state index contributed by atoms with van der Waals surface area (Å²) in [5, 5.41) is 3.22. The van der Waals surface area contributed by atoms with E-state index in [1.54, 1.807) is 12.1 Å². The van der Waals surface area contributed by atoms with Gasteiger partial charge in [0.2, 0.25) is 10.0 Å². The second-order valence-electron chi connectivity index (χ2n) is 5.15. The monoisotopic (exact) mass is 314 g/mol. The van der Waals surface area contributed by atoms with Crippen molar-refractivity contribution in [1.29, 1.82) is 0 Å². The topological polar surface area (TPSA) is 83.6 Å². The van der Waals surface area contributed by atoms with Crippen LogP contribution in [0.3, 0.4) is 0 Å². The van der Waals surface area contributed by atoms with Gasteiger partial charge in [-0.05, 0) is 25.1 Å². The molecule has 1 aliphatic heterocycles. The first-order valence-corrected chi connectivity index (χ1v) is 8.43. The van der Waals surface area contributed by atoms with Crippen LogP contribution in [-0.2, 0) is 14.8 Å². The van der Waals surface area contributed by atoms with Gasteiger partial charge in [-0.1, -0.05) is 0 Å². The van der Waals surface area contributed by atoms with E-state index in [0.29, 0.717) is 19.0 Å². The number of hydrogen-bond acceptors (Lipinski definition) is 6. The minimum Gasteiger partial charge on any atom is -0.375 e. The maximum atomic E-state index is 12.2. The fraction of sp³-hybridized carbons (Fsp3) is 0.615. The summed E-state index contributed by atoms with van der Waals surface area (Å²) >= 11 is 0. The first kappa shape index (κ1) is 16.2. The summed E-state index contributed by atoms with van der Waals surface area (Å²) in [5.74, 6) is 0.713. The maximum Gasteiger partial charge on any atom is 0.242 e. The molecule has 0 aliphatic carbocycles. The van der Waals surface area contributed by atoms with Gasteiger partial charge in [-0.25, -0.2) is 18.1 Å². The summed E-state index contributed by atoms with van der Waals surface area (Å²) in [6.45, 7) is 2.46. The molecule has 0 bridgehead atoms. The Morgan fingerprint density at radius 2 is 2.29 bits per heavy atom. The van der Waals surface area contributed by atoms with Crippen molar-refractivity contribution < 1.29 is 13.2 Å². The van der Waals surface area contributed by atoms with Gasteiger partial charge in [0.1, 0.15) is 10.7 Å². The molecule has 1 aromatic heterocycles. The first-order chi connectivity index (χ1) is 9.99. The second-order valence-corrected chi connectivity index (χ2v) is 6.92. The molecule has 1 fully saturated rings. The summed E-state index contributed by atoms with van der Waals surface area (Å²) in [5.41, 5.74) is 0. The Morgan fingerprint density at radius 3 is 2.95 bits per heavy atom. The van der Waals surface area contributed by atoms with Crippen LogP contribution in [0.4, 0.5) is 5.82 Å². The molecule has 0 aromatic carbocycles. The summed E-state index contributed by atoms with van der Waals surface area (Å²) in [4.78, 5) is 6.09. The van der Waals surface area contributed by atoms with Gasteiger partial charge in [-0.3, -0.25) is 0 Å². The van der Waals surface area contributed by atoms with Crippen LogP contribution in [0.2, 0.25) is 0 Å². The minimum absolute atomic E-state index is 0.142. The number of sulfonamides is 1. The van der Waals surface area contributed by atoms with Crippen LogP contribution in [0.1, 0.15) is 6.42 Å². The zero-order chi connectivity index (χ0) is 15.3. The van der Waals surface area contributed by atoms with Gasteiger partial charge in [-0.15, -0.1) is 0 Å². The molecule has 0 radical (unpaired) electrons. The minimum atomic E-state index is -3.55. The predicted octanol–water partition coefficient (Wildman–Crippen LogP) is -0.196. The van der Waals surface area contributed by atoms with E-state index in [0.717, 1.165) is 13.0 Å². The van der Waals surface area contributed by atoms with E-state index in [2.05, 4.69) is 15.0 Å². The van der Waals surface area contributed by atoms with Gasteiger partial charge >= 0.3 is 0 Å². The Kier molecular flexibility index (Phi) is 5.51. The molecule has 1 unspecified atom stereocenters. The molecule has 2 heterocycles. The van der Waals surface area contributed by atoms with Crippen molar-refractivity contribution in [3.8, 4) is 0 Å². The van der Waals surface area contributed by atoms with E-state index < -0.39 is 10.0 Å². The van der Waals surface area contributed by atoms with Gasteiger partial charge in [0, 0.05) is 40.0 Å². The number of nitrogens with one attached hydrogen (secondary N) is 2. The molecule has 8 heteroatoms. The fourth-order valence-corrected chi connectivity index (χ4v) is 2.99. The Bertz CT molecular complexity index is 537. The van der Waals surface area contributed by atoms with E-state index >= 15 is 0 Å². The molecule has 1 aliphatic rings. The SMILES string of the molecule is CN(C)c1ccc(S(=O)(=O)NCC2CNCCCO2)cn1. The van der Waals surface area contributed by atoms with Crippen molar-refractivity contribution in [3.05, 3.63) is 18.3 Å².